The first-order chi connectivity index (χ1) is 12.1. The number of nitrogens with zero attached hydrogens (tertiary/aromatic N) is 1. The second-order valence-electron chi connectivity index (χ2n) is 7.02. The van der Waals surface area contributed by atoms with Crippen molar-refractivity contribution in [2.75, 3.05) is 33.5 Å². The van der Waals surface area contributed by atoms with Crippen molar-refractivity contribution in [3.63, 3.8) is 0 Å². The molecule has 2 aliphatic rings. The zero-order valence-corrected chi connectivity index (χ0v) is 15.2. The number of amides is 1. The van der Waals surface area contributed by atoms with Gasteiger partial charge in [0.2, 0.25) is 12.7 Å². The van der Waals surface area contributed by atoms with Crippen molar-refractivity contribution in [3.8, 4) is 11.5 Å². The first-order valence-electron chi connectivity index (χ1n) is 9.21. The topological polar surface area (TPSA) is 62.8 Å². The molecule has 1 aromatic carbocycles. The Morgan fingerprint density at radius 3 is 2.80 bits per heavy atom. The summed E-state index contributed by atoms with van der Waals surface area (Å²) < 4.78 is 10.8. The number of hydrogen-bond donors (Lipinski definition) is 2. The second-order valence-corrected chi connectivity index (χ2v) is 7.02. The summed E-state index contributed by atoms with van der Waals surface area (Å²) in [4.78, 5) is 13.7. The van der Waals surface area contributed by atoms with Crippen LogP contribution >= 0.6 is 0 Å². The molecule has 0 aromatic heterocycles. The Labute approximate surface area is 149 Å². The van der Waals surface area contributed by atoms with E-state index in [2.05, 4.69) is 34.6 Å². The predicted molar refractivity (Wildman–Crippen MR) is 97.0 cm³/mol. The van der Waals surface area contributed by atoms with Crippen LogP contribution in [-0.2, 0) is 11.2 Å². The fourth-order valence-electron chi connectivity index (χ4n) is 3.51. The van der Waals surface area contributed by atoms with E-state index in [1.807, 2.05) is 6.07 Å². The number of piperidine rings is 1. The third-order valence-electron chi connectivity index (χ3n) is 5.06. The lowest BCUT2D eigenvalue weighted by molar-refractivity contribution is -0.122. The summed E-state index contributed by atoms with van der Waals surface area (Å²) in [6, 6.07) is 7.23. The Bertz CT molecular complexity index is 585. The largest absolute Gasteiger partial charge is 0.454 e. The quantitative estimate of drug-likeness (QED) is 0.783. The second kappa shape index (κ2) is 8.54. The molecule has 138 valence electrons. The van der Waals surface area contributed by atoms with Crippen LogP contribution in [0.4, 0.5) is 0 Å². The molecule has 2 aliphatic heterocycles. The summed E-state index contributed by atoms with van der Waals surface area (Å²) in [6.07, 6.45) is 4.33. The number of hydrogen-bond acceptors (Lipinski definition) is 5. The van der Waals surface area contributed by atoms with Crippen molar-refractivity contribution < 1.29 is 14.3 Å². The molecule has 1 fully saturated rings. The van der Waals surface area contributed by atoms with E-state index >= 15 is 0 Å². The average Bonchev–Trinajstić information content (AvgIpc) is 3.09. The fourth-order valence-corrected chi connectivity index (χ4v) is 3.51. The smallest absolute Gasteiger partial charge is 0.233 e. The molecule has 1 amide bonds. The zero-order valence-electron chi connectivity index (χ0n) is 15.2. The molecule has 1 unspecified atom stereocenters. The SMILES string of the molecule is CNC(=O)CN1CCC(NC(C)CCc2ccc3c(c2)OCO3)CC1. The number of likely N-dealkylation sites (tertiary alicyclic amines) is 1. The number of rotatable bonds is 7. The Hall–Kier alpha value is -1.79. The van der Waals surface area contributed by atoms with Crippen LogP contribution in [0, 0.1) is 0 Å². The molecular weight excluding hydrogens is 318 g/mol. The number of benzene rings is 1. The van der Waals surface area contributed by atoms with Crippen LogP contribution in [0.1, 0.15) is 31.7 Å². The Morgan fingerprint density at radius 2 is 2.04 bits per heavy atom. The molecule has 3 rings (SSSR count). The standard InChI is InChI=1S/C19H29N3O3/c1-14(3-4-15-5-6-17-18(11-15)25-13-24-17)21-16-7-9-22(10-8-16)12-19(23)20-2/h5-6,11,14,16,21H,3-4,7-10,12-13H2,1-2H3,(H,20,23). The molecule has 25 heavy (non-hydrogen) atoms. The van der Waals surface area contributed by atoms with E-state index in [0.29, 0.717) is 25.4 Å². The van der Waals surface area contributed by atoms with E-state index in [0.717, 1.165) is 50.3 Å². The maximum Gasteiger partial charge on any atom is 0.233 e. The fraction of sp³-hybridized carbons (Fsp3) is 0.632. The molecule has 0 radical (unpaired) electrons. The lowest BCUT2D eigenvalue weighted by atomic mass is 10.0. The van der Waals surface area contributed by atoms with E-state index in [1.165, 1.54) is 5.56 Å². The first kappa shape index (κ1) is 18.0. The van der Waals surface area contributed by atoms with E-state index in [-0.39, 0.29) is 5.91 Å². The minimum atomic E-state index is 0.100. The van der Waals surface area contributed by atoms with Crippen LogP contribution in [0.2, 0.25) is 0 Å². The molecule has 6 nitrogen and oxygen atoms in total. The summed E-state index contributed by atoms with van der Waals surface area (Å²) in [5, 5.41) is 6.44. The molecule has 6 heteroatoms. The highest BCUT2D eigenvalue weighted by Gasteiger charge is 2.21. The van der Waals surface area contributed by atoms with Gasteiger partial charge in [0.25, 0.3) is 0 Å². The van der Waals surface area contributed by atoms with Gasteiger partial charge in [-0.1, -0.05) is 6.07 Å². The number of likely N-dealkylation sites (N-methyl/N-ethyl adjacent to an activating group) is 1. The van der Waals surface area contributed by atoms with Crippen LogP contribution < -0.4 is 20.1 Å². The molecule has 0 aliphatic carbocycles. The van der Waals surface area contributed by atoms with Crippen molar-refractivity contribution >= 4 is 5.91 Å². The highest BCUT2D eigenvalue weighted by Crippen LogP contribution is 2.32. The summed E-state index contributed by atoms with van der Waals surface area (Å²) in [6.45, 7) is 5.07. The van der Waals surface area contributed by atoms with Crippen molar-refractivity contribution in [3.05, 3.63) is 23.8 Å². The number of carbonyl (C=O) groups is 1. The van der Waals surface area contributed by atoms with Gasteiger partial charge in [0.15, 0.2) is 11.5 Å². The minimum Gasteiger partial charge on any atom is -0.454 e. The number of nitrogens with one attached hydrogen (secondary N) is 2. The molecule has 0 saturated carbocycles. The summed E-state index contributed by atoms with van der Waals surface area (Å²) in [7, 11) is 1.69. The first-order valence-corrected chi connectivity index (χ1v) is 9.21. The summed E-state index contributed by atoms with van der Waals surface area (Å²) >= 11 is 0. The summed E-state index contributed by atoms with van der Waals surface area (Å²) in [5.41, 5.74) is 1.29. The normalized spacial score (nSPS) is 19.0. The van der Waals surface area contributed by atoms with Crippen LogP contribution in [-0.4, -0.2) is 56.4 Å². The zero-order chi connectivity index (χ0) is 17.6. The minimum absolute atomic E-state index is 0.100. The maximum absolute atomic E-state index is 11.4. The Balaban J connectivity index is 1.37. The van der Waals surface area contributed by atoms with Crippen LogP contribution in [0.25, 0.3) is 0 Å². The lowest BCUT2D eigenvalue weighted by Crippen LogP contribution is -2.47. The Kier molecular flexibility index (Phi) is 6.15. The third-order valence-corrected chi connectivity index (χ3v) is 5.06. The number of fused-ring (bicyclic) bond motifs is 1. The van der Waals surface area contributed by atoms with Gasteiger partial charge in [0, 0.05) is 32.2 Å². The van der Waals surface area contributed by atoms with Gasteiger partial charge in [-0.25, -0.2) is 0 Å². The van der Waals surface area contributed by atoms with Gasteiger partial charge >= 0.3 is 0 Å². The van der Waals surface area contributed by atoms with E-state index in [1.54, 1.807) is 7.05 Å². The molecule has 1 saturated heterocycles. The van der Waals surface area contributed by atoms with Crippen molar-refractivity contribution in [2.24, 2.45) is 0 Å². The van der Waals surface area contributed by atoms with Gasteiger partial charge in [-0.3, -0.25) is 9.69 Å². The predicted octanol–water partition coefficient (Wildman–Crippen LogP) is 1.54. The van der Waals surface area contributed by atoms with Gasteiger partial charge in [-0.15, -0.1) is 0 Å². The number of aryl methyl sites for hydroxylation is 1. The monoisotopic (exact) mass is 347 g/mol. The number of ether oxygens (including phenoxy) is 2. The van der Waals surface area contributed by atoms with Crippen molar-refractivity contribution in [1.29, 1.82) is 0 Å². The van der Waals surface area contributed by atoms with Gasteiger partial charge < -0.3 is 20.1 Å². The third kappa shape index (κ3) is 5.09. The highest BCUT2D eigenvalue weighted by molar-refractivity contribution is 5.77. The van der Waals surface area contributed by atoms with Gasteiger partial charge in [0.05, 0.1) is 6.54 Å². The van der Waals surface area contributed by atoms with Gasteiger partial charge in [-0.2, -0.15) is 0 Å². The highest BCUT2D eigenvalue weighted by atomic mass is 16.7. The lowest BCUT2D eigenvalue weighted by Gasteiger charge is -2.33. The Morgan fingerprint density at radius 1 is 1.28 bits per heavy atom. The van der Waals surface area contributed by atoms with Crippen molar-refractivity contribution in [1.82, 2.24) is 15.5 Å². The molecular formula is C19H29N3O3. The number of carbonyl (C=O) groups excluding carboxylic acids is 1. The summed E-state index contributed by atoms with van der Waals surface area (Å²) in [5.74, 6) is 1.81. The van der Waals surface area contributed by atoms with E-state index in [9.17, 15) is 4.79 Å². The molecule has 1 atom stereocenters. The van der Waals surface area contributed by atoms with E-state index in [4.69, 9.17) is 9.47 Å². The maximum atomic E-state index is 11.4. The molecule has 2 N–H and O–H groups in total. The van der Waals surface area contributed by atoms with Crippen LogP contribution in [0.15, 0.2) is 18.2 Å². The van der Waals surface area contributed by atoms with Crippen molar-refractivity contribution in [2.45, 2.75) is 44.7 Å². The molecule has 0 bridgehead atoms. The van der Waals surface area contributed by atoms with Gasteiger partial charge in [-0.05, 0) is 50.3 Å². The molecule has 2 heterocycles. The van der Waals surface area contributed by atoms with Crippen LogP contribution in [0.5, 0.6) is 11.5 Å². The van der Waals surface area contributed by atoms with Gasteiger partial charge in [0.1, 0.15) is 0 Å². The van der Waals surface area contributed by atoms with Crippen LogP contribution in [0.3, 0.4) is 0 Å². The molecule has 0 spiro atoms. The molecule has 1 aromatic rings. The van der Waals surface area contributed by atoms with E-state index < -0.39 is 0 Å². The average molecular weight is 347 g/mol.